The van der Waals surface area contributed by atoms with E-state index in [1.165, 1.54) is 6.20 Å². The Hall–Kier alpha value is -1.36. The van der Waals surface area contributed by atoms with Gasteiger partial charge in [-0.1, -0.05) is 11.6 Å². The quantitative estimate of drug-likeness (QED) is 0.686. The van der Waals surface area contributed by atoms with Crippen LogP contribution in [0.2, 0.25) is 5.02 Å². The van der Waals surface area contributed by atoms with E-state index in [0.717, 1.165) is 38.4 Å². The van der Waals surface area contributed by atoms with Crippen molar-refractivity contribution in [1.82, 2.24) is 15.1 Å². The van der Waals surface area contributed by atoms with Gasteiger partial charge in [0.05, 0.1) is 11.2 Å². The van der Waals surface area contributed by atoms with Crippen LogP contribution >= 0.6 is 11.6 Å². The van der Waals surface area contributed by atoms with Crippen molar-refractivity contribution < 1.29 is 4.79 Å². The molecule has 0 spiro atoms. The minimum Gasteiger partial charge on any atom is -0.352 e. The number of hydrogen-bond donors (Lipinski definition) is 0. The summed E-state index contributed by atoms with van der Waals surface area (Å²) in [6.45, 7) is 2.98. The van der Waals surface area contributed by atoms with Crippen molar-refractivity contribution >= 4 is 23.8 Å². The number of hydrogen-bond acceptors (Lipinski definition) is 4. The molecule has 5 nitrogen and oxygen atoms in total. The Morgan fingerprint density at radius 2 is 2.07 bits per heavy atom. The van der Waals surface area contributed by atoms with Gasteiger partial charge in [-0.05, 0) is 0 Å². The molecule has 1 aromatic heterocycles. The topological polar surface area (TPSA) is 49.3 Å². The highest BCUT2D eigenvalue weighted by molar-refractivity contribution is 6.30. The molecule has 0 bridgehead atoms. The second-order valence-electron chi connectivity index (χ2n) is 3.36. The molecule has 1 amide bonds. The zero-order chi connectivity index (χ0) is 10.7. The van der Waals surface area contributed by atoms with Crippen LogP contribution in [0.5, 0.6) is 0 Å². The normalized spacial score (nSPS) is 16.6. The molecular weight excluding hydrogens is 216 g/mol. The molecule has 1 saturated heterocycles. The van der Waals surface area contributed by atoms with E-state index in [1.807, 2.05) is 0 Å². The Kier molecular flexibility index (Phi) is 3.01. The summed E-state index contributed by atoms with van der Waals surface area (Å²) >= 11 is 5.82. The molecule has 1 aliphatic rings. The van der Waals surface area contributed by atoms with Crippen molar-refractivity contribution in [2.45, 2.75) is 0 Å². The number of carbonyl (C=O) groups excluding carboxylic acids is 1. The predicted octanol–water partition coefficient (Wildman–Crippen LogP) is 0.408. The van der Waals surface area contributed by atoms with Crippen LogP contribution in [0.25, 0.3) is 0 Å². The van der Waals surface area contributed by atoms with Gasteiger partial charge in [-0.3, -0.25) is 4.79 Å². The number of amides is 1. The molecule has 0 atom stereocenters. The van der Waals surface area contributed by atoms with Crippen molar-refractivity contribution in [1.29, 1.82) is 0 Å². The summed E-state index contributed by atoms with van der Waals surface area (Å²) in [4.78, 5) is 14.3. The van der Waals surface area contributed by atoms with Crippen LogP contribution in [0.3, 0.4) is 0 Å². The van der Waals surface area contributed by atoms with E-state index in [4.69, 9.17) is 11.6 Å². The Labute approximate surface area is 92.6 Å². The molecule has 2 heterocycles. The highest BCUT2D eigenvalue weighted by atomic mass is 35.5. The average molecular weight is 227 g/mol. The van der Waals surface area contributed by atoms with Crippen LogP contribution < -0.4 is 4.90 Å². The Morgan fingerprint density at radius 1 is 1.33 bits per heavy atom. The fraction of sp³-hybridized carbons (Fsp3) is 0.444. The van der Waals surface area contributed by atoms with Gasteiger partial charge < -0.3 is 9.80 Å². The van der Waals surface area contributed by atoms with Gasteiger partial charge in [0, 0.05) is 32.2 Å². The maximum Gasteiger partial charge on any atom is 0.209 e. The molecular formula is C9H11ClN4O. The first-order valence-corrected chi connectivity index (χ1v) is 5.10. The van der Waals surface area contributed by atoms with Crippen LogP contribution in [-0.4, -0.2) is 47.7 Å². The van der Waals surface area contributed by atoms with Crippen molar-refractivity contribution in [3.05, 3.63) is 17.3 Å². The molecule has 80 valence electrons. The summed E-state index contributed by atoms with van der Waals surface area (Å²) < 4.78 is 0. The molecule has 6 heteroatoms. The van der Waals surface area contributed by atoms with Crippen molar-refractivity contribution in [2.24, 2.45) is 0 Å². The zero-order valence-electron chi connectivity index (χ0n) is 8.14. The van der Waals surface area contributed by atoms with Gasteiger partial charge in [0.25, 0.3) is 0 Å². The van der Waals surface area contributed by atoms with Gasteiger partial charge >= 0.3 is 0 Å². The molecule has 15 heavy (non-hydrogen) atoms. The summed E-state index contributed by atoms with van der Waals surface area (Å²) in [7, 11) is 0. The third-order valence-electron chi connectivity index (χ3n) is 2.40. The molecule has 0 N–H and O–H groups in total. The third-order valence-corrected chi connectivity index (χ3v) is 2.60. The molecule has 1 aromatic rings. The molecule has 0 radical (unpaired) electrons. The molecule has 2 rings (SSSR count). The van der Waals surface area contributed by atoms with E-state index in [2.05, 4.69) is 15.1 Å². The lowest BCUT2D eigenvalue weighted by molar-refractivity contribution is -0.118. The minimum atomic E-state index is 0.581. The molecule has 0 saturated carbocycles. The fourth-order valence-electron chi connectivity index (χ4n) is 1.54. The lowest BCUT2D eigenvalue weighted by atomic mass is 10.3. The zero-order valence-corrected chi connectivity index (χ0v) is 8.89. The summed E-state index contributed by atoms with van der Waals surface area (Å²) in [5, 5.41) is 8.37. The van der Waals surface area contributed by atoms with E-state index >= 15 is 0 Å². The van der Waals surface area contributed by atoms with Crippen LogP contribution in [0.1, 0.15) is 0 Å². The molecule has 0 aromatic carbocycles. The maximum absolute atomic E-state index is 10.5. The van der Waals surface area contributed by atoms with Gasteiger partial charge in [0.1, 0.15) is 0 Å². The molecule has 1 aliphatic heterocycles. The second kappa shape index (κ2) is 4.44. The predicted molar refractivity (Wildman–Crippen MR) is 56.9 cm³/mol. The van der Waals surface area contributed by atoms with Gasteiger partial charge in [-0.2, -0.15) is 5.10 Å². The van der Waals surface area contributed by atoms with Crippen molar-refractivity contribution in [3.8, 4) is 0 Å². The van der Waals surface area contributed by atoms with Gasteiger partial charge in [-0.25, -0.2) is 0 Å². The lowest BCUT2D eigenvalue weighted by Crippen LogP contribution is -2.46. The summed E-state index contributed by atoms with van der Waals surface area (Å²) in [6, 6.07) is 1.78. The van der Waals surface area contributed by atoms with Crippen molar-refractivity contribution in [3.63, 3.8) is 0 Å². The monoisotopic (exact) mass is 226 g/mol. The second-order valence-corrected chi connectivity index (χ2v) is 3.80. The first-order valence-electron chi connectivity index (χ1n) is 4.72. The van der Waals surface area contributed by atoms with Crippen LogP contribution in [0.15, 0.2) is 12.3 Å². The standard InChI is InChI=1S/C9H11ClN4O/c10-8-5-9(12-11-6-8)14-3-1-13(7-15)2-4-14/h5-7H,1-4H2. The van der Waals surface area contributed by atoms with Crippen LogP contribution in [0.4, 0.5) is 5.82 Å². The summed E-state index contributed by atoms with van der Waals surface area (Å²) in [5.74, 6) is 0.771. The molecule has 0 unspecified atom stereocenters. The van der Waals surface area contributed by atoms with Crippen LogP contribution in [0, 0.1) is 0 Å². The Morgan fingerprint density at radius 3 is 2.67 bits per heavy atom. The van der Waals surface area contributed by atoms with Gasteiger partial charge in [0.2, 0.25) is 6.41 Å². The highest BCUT2D eigenvalue weighted by Crippen LogP contribution is 2.16. The first-order chi connectivity index (χ1) is 7.29. The molecule has 0 aliphatic carbocycles. The first kappa shape index (κ1) is 10.2. The molecule has 1 fully saturated rings. The number of carbonyl (C=O) groups is 1. The van der Waals surface area contributed by atoms with Crippen LogP contribution in [-0.2, 0) is 4.79 Å². The number of halogens is 1. The SMILES string of the molecule is O=CN1CCN(c2cc(Cl)cnn2)CC1. The number of anilines is 1. The Bertz CT molecular complexity index is 352. The van der Waals surface area contributed by atoms with Crippen molar-refractivity contribution in [2.75, 3.05) is 31.1 Å². The largest absolute Gasteiger partial charge is 0.352 e. The lowest BCUT2D eigenvalue weighted by Gasteiger charge is -2.32. The van der Waals surface area contributed by atoms with E-state index in [1.54, 1.807) is 11.0 Å². The fourth-order valence-corrected chi connectivity index (χ4v) is 1.68. The van der Waals surface area contributed by atoms with Gasteiger partial charge in [-0.15, -0.1) is 5.10 Å². The summed E-state index contributed by atoms with van der Waals surface area (Å²) in [5.41, 5.74) is 0. The smallest absolute Gasteiger partial charge is 0.209 e. The van der Waals surface area contributed by atoms with Gasteiger partial charge in [0.15, 0.2) is 5.82 Å². The number of nitrogens with zero attached hydrogens (tertiary/aromatic N) is 4. The minimum absolute atomic E-state index is 0.581. The van der Waals surface area contributed by atoms with E-state index in [0.29, 0.717) is 5.02 Å². The van der Waals surface area contributed by atoms with E-state index < -0.39 is 0 Å². The third kappa shape index (κ3) is 2.36. The average Bonchev–Trinajstić information content (AvgIpc) is 2.29. The highest BCUT2D eigenvalue weighted by Gasteiger charge is 2.16. The van der Waals surface area contributed by atoms with E-state index in [9.17, 15) is 4.79 Å². The Balaban J connectivity index is 2.04. The number of rotatable bonds is 2. The number of aromatic nitrogens is 2. The number of piperazine rings is 1. The van der Waals surface area contributed by atoms with E-state index in [-0.39, 0.29) is 0 Å². The summed E-state index contributed by atoms with van der Waals surface area (Å²) in [6.07, 6.45) is 2.38. The maximum atomic E-state index is 10.5.